The summed E-state index contributed by atoms with van der Waals surface area (Å²) in [6.45, 7) is 2.28. The first kappa shape index (κ1) is 23.2. The molecule has 0 nitrogen and oxygen atoms in total. The highest BCUT2D eigenvalue weighted by atomic mass is 79.9. The zero-order chi connectivity index (χ0) is 21.1. The van der Waals surface area contributed by atoms with Gasteiger partial charge in [-0.2, -0.15) is 0 Å². The third-order valence-corrected chi connectivity index (χ3v) is 12.5. The van der Waals surface area contributed by atoms with Crippen molar-refractivity contribution in [1.29, 1.82) is 0 Å². The predicted octanol–water partition coefficient (Wildman–Crippen LogP) is 7.97. The number of unbranched alkanes of at least 4 members (excludes halogenated alkanes) is 7. The second-order valence-electron chi connectivity index (χ2n) is 8.15. The Kier molecular flexibility index (Phi) is 9.63. The van der Waals surface area contributed by atoms with Crippen molar-refractivity contribution in [2.24, 2.45) is 0 Å². The highest BCUT2D eigenvalue weighted by Gasteiger charge is 2.43. The van der Waals surface area contributed by atoms with Gasteiger partial charge in [0.15, 0.2) is 21.5 Å². The SMILES string of the molecule is CCCCCCCCCCc1ccc([P+](Br)(c2ccccc2)c2ccccc2)cc1. The first-order valence-corrected chi connectivity index (χ1v) is 15.4. The fourth-order valence-electron chi connectivity index (χ4n) is 4.05. The van der Waals surface area contributed by atoms with Crippen molar-refractivity contribution in [1.82, 2.24) is 0 Å². The number of halogens is 1. The van der Waals surface area contributed by atoms with Crippen LogP contribution in [0.1, 0.15) is 63.9 Å². The van der Waals surface area contributed by atoms with Crippen LogP contribution in [-0.2, 0) is 6.42 Å². The molecule has 0 fully saturated rings. The van der Waals surface area contributed by atoms with E-state index >= 15 is 0 Å². The third kappa shape index (κ3) is 6.29. The summed E-state index contributed by atoms with van der Waals surface area (Å²) < 4.78 is 0. The molecule has 0 bridgehead atoms. The van der Waals surface area contributed by atoms with Gasteiger partial charge in [-0.25, -0.2) is 0 Å². The van der Waals surface area contributed by atoms with Crippen LogP contribution in [0.5, 0.6) is 0 Å². The van der Waals surface area contributed by atoms with E-state index < -0.39 is 5.96 Å². The molecule has 0 atom stereocenters. The number of aryl methyl sites for hydroxylation is 1. The second-order valence-corrected chi connectivity index (χ2v) is 14.1. The molecule has 2 heteroatoms. The van der Waals surface area contributed by atoms with E-state index in [-0.39, 0.29) is 0 Å². The quantitative estimate of drug-likeness (QED) is 0.181. The summed E-state index contributed by atoms with van der Waals surface area (Å²) in [6.07, 6.45) is 12.2. The molecule has 158 valence electrons. The lowest BCUT2D eigenvalue weighted by Crippen LogP contribution is -2.26. The van der Waals surface area contributed by atoms with E-state index in [9.17, 15) is 0 Å². The number of benzene rings is 3. The van der Waals surface area contributed by atoms with Crippen LogP contribution < -0.4 is 15.9 Å². The van der Waals surface area contributed by atoms with Gasteiger partial charge in [-0.1, -0.05) is 100 Å². The first-order chi connectivity index (χ1) is 14.7. The summed E-state index contributed by atoms with van der Waals surface area (Å²) in [7, 11) is 0. The average Bonchev–Trinajstić information content (AvgIpc) is 2.82. The van der Waals surface area contributed by atoms with Crippen molar-refractivity contribution >= 4 is 37.4 Å². The Hall–Kier alpha value is -1.43. The van der Waals surface area contributed by atoms with E-state index in [2.05, 4.69) is 107 Å². The number of rotatable bonds is 12. The van der Waals surface area contributed by atoms with Crippen LogP contribution in [0, 0.1) is 0 Å². The van der Waals surface area contributed by atoms with Crippen molar-refractivity contribution in [2.75, 3.05) is 0 Å². The highest BCUT2D eigenvalue weighted by Crippen LogP contribution is 2.62. The van der Waals surface area contributed by atoms with Gasteiger partial charge in [-0.15, -0.1) is 0 Å². The van der Waals surface area contributed by atoms with Crippen LogP contribution in [0.2, 0.25) is 0 Å². The van der Waals surface area contributed by atoms with Crippen LogP contribution in [0.15, 0.2) is 84.9 Å². The first-order valence-electron chi connectivity index (χ1n) is 11.5. The molecule has 3 aromatic rings. The third-order valence-electron chi connectivity index (χ3n) is 5.84. The summed E-state index contributed by atoms with van der Waals surface area (Å²) in [4.78, 5) is 0. The standard InChI is InChI=1S/C28H35BrP/c1-2-3-4-5-6-7-8-11-16-25-21-23-28(24-22-25)30(29,26-17-12-9-13-18-26)27-19-14-10-15-20-27/h9-10,12-15,17-24H,2-8,11,16H2,1H3/q+1. The fourth-order valence-corrected chi connectivity index (χ4v) is 8.79. The van der Waals surface area contributed by atoms with E-state index in [4.69, 9.17) is 0 Å². The van der Waals surface area contributed by atoms with Gasteiger partial charge in [0.25, 0.3) is 0 Å². The lowest BCUT2D eigenvalue weighted by molar-refractivity contribution is 0.575. The molecule has 0 saturated heterocycles. The molecular weight excluding hydrogens is 447 g/mol. The summed E-state index contributed by atoms with van der Waals surface area (Å²) in [6, 6.07) is 31.2. The van der Waals surface area contributed by atoms with Gasteiger partial charge in [-0.05, 0) is 54.8 Å². The summed E-state index contributed by atoms with van der Waals surface area (Å²) >= 11 is 4.24. The van der Waals surface area contributed by atoms with E-state index in [1.54, 1.807) is 0 Å². The Labute approximate surface area is 192 Å². The minimum absolute atomic E-state index is 1.19. The van der Waals surface area contributed by atoms with E-state index in [1.807, 2.05) is 0 Å². The maximum Gasteiger partial charge on any atom is 0.181 e. The van der Waals surface area contributed by atoms with Crippen molar-refractivity contribution < 1.29 is 0 Å². The topological polar surface area (TPSA) is 0 Å². The Morgan fingerprint density at radius 3 is 1.47 bits per heavy atom. The van der Waals surface area contributed by atoms with Gasteiger partial charge in [0.05, 0.1) is 0 Å². The zero-order valence-electron chi connectivity index (χ0n) is 18.3. The molecule has 30 heavy (non-hydrogen) atoms. The van der Waals surface area contributed by atoms with Crippen LogP contribution in [0.4, 0.5) is 0 Å². The van der Waals surface area contributed by atoms with Gasteiger partial charge in [0.2, 0.25) is 0 Å². The van der Waals surface area contributed by atoms with E-state index in [1.165, 1.54) is 79.3 Å². The van der Waals surface area contributed by atoms with Crippen LogP contribution >= 0.6 is 21.5 Å². The highest BCUT2D eigenvalue weighted by molar-refractivity contribution is 9.44. The van der Waals surface area contributed by atoms with Gasteiger partial charge in [0.1, 0.15) is 15.9 Å². The van der Waals surface area contributed by atoms with Crippen LogP contribution in [0.25, 0.3) is 0 Å². The Bertz CT molecular complexity index is 803. The van der Waals surface area contributed by atoms with Crippen molar-refractivity contribution in [2.45, 2.75) is 64.7 Å². The van der Waals surface area contributed by atoms with Crippen molar-refractivity contribution in [3.63, 3.8) is 0 Å². The maximum absolute atomic E-state index is 4.24. The molecule has 0 amide bonds. The Balaban J connectivity index is 1.64. The summed E-state index contributed by atoms with van der Waals surface area (Å²) in [5.74, 6) is -1.78. The molecule has 3 aromatic carbocycles. The second kappa shape index (κ2) is 12.4. The molecule has 0 aliphatic carbocycles. The normalized spacial score (nSPS) is 11.5. The Morgan fingerprint density at radius 2 is 0.967 bits per heavy atom. The van der Waals surface area contributed by atoms with E-state index in [0.717, 1.165) is 0 Å². The monoisotopic (exact) mass is 481 g/mol. The molecular formula is C28H35BrP+. The van der Waals surface area contributed by atoms with Crippen LogP contribution in [0.3, 0.4) is 0 Å². The zero-order valence-corrected chi connectivity index (χ0v) is 20.8. The minimum atomic E-state index is -1.78. The molecule has 0 aromatic heterocycles. The van der Waals surface area contributed by atoms with Gasteiger partial charge >= 0.3 is 0 Å². The smallest absolute Gasteiger partial charge is 0.0654 e. The molecule has 0 saturated carbocycles. The molecule has 0 heterocycles. The Morgan fingerprint density at radius 1 is 0.533 bits per heavy atom. The molecule has 0 unspecified atom stereocenters. The minimum Gasteiger partial charge on any atom is -0.0654 e. The van der Waals surface area contributed by atoms with Gasteiger partial charge in [0, 0.05) is 0 Å². The van der Waals surface area contributed by atoms with Crippen molar-refractivity contribution in [3.05, 3.63) is 90.5 Å². The molecule has 0 aliphatic heterocycles. The summed E-state index contributed by atoms with van der Waals surface area (Å²) in [5.41, 5.74) is 1.46. The molecule has 0 N–H and O–H groups in total. The predicted molar refractivity (Wildman–Crippen MR) is 140 cm³/mol. The van der Waals surface area contributed by atoms with E-state index in [0.29, 0.717) is 0 Å². The number of hydrogen-bond donors (Lipinski definition) is 0. The molecule has 0 radical (unpaired) electrons. The maximum atomic E-state index is 4.24. The van der Waals surface area contributed by atoms with Crippen molar-refractivity contribution in [3.8, 4) is 0 Å². The molecule has 3 rings (SSSR count). The molecule has 0 spiro atoms. The fraction of sp³-hybridized carbons (Fsp3) is 0.357. The number of hydrogen-bond acceptors (Lipinski definition) is 0. The average molecular weight is 482 g/mol. The molecule has 0 aliphatic rings. The van der Waals surface area contributed by atoms with Gasteiger partial charge in [-0.3, -0.25) is 0 Å². The largest absolute Gasteiger partial charge is 0.181 e. The van der Waals surface area contributed by atoms with Gasteiger partial charge < -0.3 is 0 Å². The summed E-state index contributed by atoms with van der Waals surface area (Å²) in [5, 5.41) is 4.12. The lowest BCUT2D eigenvalue weighted by atomic mass is 10.0. The lowest BCUT2D eigenvalue weighted by Gasteiger charge is -2.20. The van der Waals surface area contributed by atoms with Crippen LogP contribution in [-0.4, -0.2) is 0 Å².